The first-order valence-electron chi connectivity index (χ1n) is 5.96. The molecule has 0 fully saturated rings. The van der Waals surface area contributed by atoms with Crippen LogP contribution in [0.2, 0.25) is 0 Å². The molecule has 0 aliphatic rings. The third-order valence-corrected chi connectivity index (χ3v) is 3.04. The molecule has 0 saturated heterocycles. The second kappa shape index (κ2) is 7.93. The maximum atomic E-state index is 11.2. The van der Waals surface area contributed by atoms with Crippen molar-refractivity contribution in [2.45, 2.75) is 24.4 Å². The van der Waals surface area contributed by atoms with Crippen LogP contribution in [0.15, 0.2) is 22.5 Å². The molecule has 1 aromatic rings. The Bertz CT molecular complexity index is 732. The fraction of sp³-hybridized carbons (Fsp3) is 0.286. The van der Waals surface area contributed by atoms with E-state index in [9.17, 15) is 13.2 Å². The van der Waals surface area contributed by atoms with Crippen LogP contribution in [0.25, 0.3) is 0 Å². The minimum Gasteiger partial charge on any atom is -0.273 e. The van der Waals surface area contributed by atoms with Gasteiger partial charge in [0, 0.05) is 31.5 Å². The predicted molar refractivity (Wildman–Crippen MR) is 78.2 cm³/mol. The molecule has 1 rings (SSSR count). The highest BCUT2D eigenvalue weighted by Crippen LogP contribution is 2.01. The van der Waals surface area contributed by atoms with Gasteiger partial charge in [-0.25, -0.2) is 23.4 Å². The summed E-state index contributed by atoms with van der Waals surface area (Å²) in [6.45, 7) is 0. The molecule has 0 radical (unpaired) electrons. The van der Waals surface area contributed by atoms with Gasteiger partial charge >= 0.3 is 0 Å². The second-order valence-corrected chi connectivity index (χ2v) is 5.91. The van der Waals surface area contributed by atoms with Crippen molar-refractivity contribution in [3.8, 4) is 24.2 Å². The molecule has 1 aromatic heterocycles. The largest absolute Gasteiger partial charge is 0.273 e. The Labute approximate surface area is 123 Å². The zero-order valence-electron chi connectivity index (χ0n) is 11.4. The van der Waals surface area contributed by atoms with E-state index in [-0.39, 0.29) is 17.5 Å². The maximum Gasteiger partial charge on any atom is 0.246 e. The smallest absolute Gasteiger partial charge is 0.246 e. The Morgan fingerprint density at radius 1 is 1.43 bits per heavy atom. The number of aromatic nitrogens is 2. The van der Waals surface area contributed by atoms with Gasteiger partial charge in [0.2, 0.25) is 20.9 Å². The van der Waals surface area contributed by atoms with Crippen molar-refractivity contribution < 1.29 is 13.2 Å². The normalized spacial score (nSPS) is 10.7. The molecule has 1 amide bonds. The highest BCUT2D eigenvalue weighted by molar-refractivity contribution is 7.90. The van der Waals surface area contributed by atoms with Crippen molar-refractivity contribution in [1.29, 1.82) is 0 Å². The van der Waals surface area contributed by atoms with Crippen molar-refractivity contribution in [2.24, 2.45) is 4.99 Å². The van der Waals surface area contributed by atoms with E-state index >= 15 is 0 Å². The van der Waals surface area contributed by atoms with Crippen LogP contribution in [0.1, 0.15) is 24.8 Å². The summed E-state index contributed by atoms with van der Waals surface area (Å²) in [4.78, 5) is 22.1. The predicted octanol–water partition coefficient (Wildman–Crippen LogP) is 0.632. The third-order valence-electron chi connectivity index (χ3n) is 2.17. The Hall–Kier alpha value is -2.51. The van der Waals surface area contributed by atoms with Crippen LogP contribution in [0.5, 0.6) is 0 Å². The van der Waals surface area contributed by atoms with E-state index in [4.69, 9.17) is 6.42 Å². The van der Waals surface area contributed by atoms with E-state index in [1.807, 2.05) is 0 Å². The number of terminal acetylenes is 1. The molecule has 6 nitrogen and oxygen atoms in total. The molecule has 0 unspecified atom stereocenters. The molecule has 7 heteroatoms. The highest BCUT2D eigenvalue weighted by Gasteiger charge is 2.09. The number of sulfone groups is 1. The number of aliphatic imine (C=N–C) groups is 1. The van der Waals surface area contributed by atoms with E-state index in [1.165, 1.54) is 12.4 Å². The number of unbranched alkanes of at least 4 members (excludes halogenated alkanes) is 1. The minimum absolute atomic E-state index is 0.231. The van der Waals surface area contributed by atoms with Gasteiger partial charge in [0.15, 0.2) is 0 Å². The number of rotatable bonds is 4. The average molecular weight is 303 g/mol. The molecule has 0 N–H and O–H groups in total. The summed E-state index contributed by atoms with van der Waals surface area (Å²) in [6, 6.07) is 0. The van der Waals surface area contributed by atoms with Gasteiger partial charge in [0.1, 0.15) is 0 Å². The number of hydrogen-bond acceptors (Lipinski definition) is 5. The topological polar surface area (TPSA) is 89.4 Å². The van der Waals surface area contributed by atoms with Gasteiger partial charge in [0.05, 0.1) is 11.8 Å². The van der Waals surface area contributed by atoms with Crippen LogP contribution in [0.4, 0.5) is 0 Å². The fourth-order valence-corrected chi connectivity index (χ4v) is 1.73. The Balaban J connectivity index is 2.48. The van der Waals surface area contributed by atoms with Crippen LogP contribution in [0.3, 0.4) is 0 Å². The summed E-state index contributed by atoms with van der Waals surface area (Å²) >= 11 is 0. The minimum atomic E-state index is -3.40. The summed E-state index contributed by atoms with van der Waals surface area (Å²) in [5, 5.41) is -0.231. The van der Waals surface area contributed by atoms with Crippen LogP contribution >= 0.6 is 0 Å². The molecule has 0 saturated carbocycles. The Kier molecular flexibility index (Phi) is 6.25. The number of hydrogen-bond donors (Lipinski definition) is 0. The molecule has 21 heavy (non-hydrogen) atoms. The van der Waals surface area contributed by atoms with Gasteiger partial charge in [0.25, 0.3) is 0 Å². The van der Waals surface area contributed by atoms with Gasteiger partial charge in [-0.2, -0.15) is 0 Å². The molecule has 0 aromatic carbocycles. The van der Waals surface area contributed by atoms with Crippen molar-refractivity contribution in [1.82, 2.24) is 9.97 Å². The Morgan fingerprint density at radius 3 is 2.67 bits per heavy atom. The van der Waals surface area contributed by atoms with Crippen LogP contribution in [-0.2, 0) is 14.6 Å². The van der Waals surface area contributed by atoms with Gasteiger partial charge in [-0.3, -0.25) is 4.79 Å². The lowest BCUT2D eigenvalue weighted by atomic mass is 10.2. The van der Waals surface area contributed by atoms with Gasteiger partial charge in [-0.15, -0.1) is 6.42 Å². The third kappa shape index (κ3) is 6.46. The number of carbonyl (C=O) groups is 1. The first-order valence-corrected chi connectivity index (χ1v) is 7.85. The van der Waals surface area contributed by atoms with E-state index in [0.717, 1.165) is 12.5 Å². The van der Waals surface area contributed by atoms with Crippen molar-refractivity contribution in [3.63, 3.8) is 0 Å². The van der Waals surface area contributed by atoms with Gasteiger partial charge in [-0.1, -0.05) is 17.8 Å². The summed E-state index contributed by atoms with van der Waals surface area (Å²) < 4.78 is 22.3. The van der Waals surface area contributed by atoms with Gasteiger partial charge < -0.3 is 0 Å². The molecule has 108 valence electrons. The first kappa shape index (κ1) is 16.5. The quantitative estimate of drug-likeness (QED) is 0.352. The molecular formula is C14H13N3O3S. The first-order chi connectivity index (χ1) is 9.93. The summed E-state index contributed by atoms with van der Waals surface area (Å²) in [6.07, 6.45) is 11.1. The van der Waals surface area contributed by atoms with E-state index in [1.54, 1.807) is 0 Å². The lowest BCUT2D eigenvalue weighted by Crippen LogP contribution is -2.03. The van der Waals surface area contributed by atoms with Gasteiger partial charge in [-0.05, 0) is 6.42 Å². The fourth-order valence-electron chi connectivity index (χ4n) is 1.24. The van der Waals surface area contributed by atoms with E-state index in [2.05, 4.69) is 32.7 Å². The van der Waals surface area contributed by atoms with Crippen molar-refractivity contribution in [2.75, 3.05) is 6.26 Å². The summed E-state index contributed by atoms with van der Waals surface area (Å²) in [7, 11) is -3.40. The number of carbonyl (C=O) groups excluding carboxylic acids is 1. The monoisotopic (exact) mass is 303 g/mol. The Morgan fingerprint density at radius 2 is 2.10 bits per heavy atom. The summed E-state index contributed by atoms with van der Waals surface area (Å²) in [5.41, 5.74) is 0.513. The molecular weight excluding hydrogens is 290 g/mol. The molecule has 0 bridgehead atoms. The maximum absolute atomic E-state index is 11.2. The lowest BCUT2D eigenvalue weighted by molar-refractivity contribution is -0.117. The molecule has 1 heterocycles. The second-order valence-electron chi connectivity index (χ2n) is 4.00. The zero-order chi connectivity index (χ0) is 15.7. The molecule has 0 atom stereocenters. The SMILES string of the molecule is C#CC=NC(=O)CCCC#Cc1cnc(S(C)(=O)=O)nc1. The standard InChI is InChI=1S/C14H13N3O3S/c1-3-9-15-13(18)8-6-4-5-7-12-10-16-14(17-11-12)21(2,19)20/h1,9-11H,4,6,8H2,2H3. The van der Waals surface area contributed by atoms with E-state index < -0.39 is 9.84 Å². The van der Waals surface area contributed by atoms with Crippen LogP contribution in [0, 0.1) is 24.2 Å². The number of amides is 1. The molecule has 0 aliphatic heterocycles. The highest BCUT2D eigenvalue weighted by atomic mass is 32.2. The summed E-state index contributed by atoms with van der Waals surface area (Å²) in [5.74, 6) is 7.49. The molecule has 0 aliphatic carbocycles. The van der Waals surface area contributed by atoms with Crippen LogP contribution in [-0.4, -0.2) is 36.8 Å². The van der Waals surface area contributed by atoms with Crippen LogP contribution < -0.4 is 0 Å². The van der Waals surface area contributed by atoms with Crippen molar-refractivity contribution in [3.05, 3.63) is 18.0 Å². The zero-order valence-corrected chi connectivity index (χ0v) is 12.2. The molecule has 0 spiro atoms. The van der Waals surface area contributed by atoms with E-state index in [0.29, 0.717) is 18.4 Å². The average Bonchev–Trinajstić information content (AvgIpc) is 2.44. The number of nitrogens with zero attached hydrogens (tertiary/aromatic N) is 3. The van der Waals surface area contributed by atoms with Crippen molar-refractivity contribution >= 4 is 22.0 Å². The lowest BCUT2D eigenvalue weighted by Gasteiger charge is -1.95.